The van der Waals surface area contributed by atoms with Gasteiger partial charge in [0.15, 0.2) is 0 Å². The molecule has 0 rings (SSSR count). The number of hydrogen-bond donors (Lipinski definition) is 0. The second kappa shape index (κ2) is 11.9. The first kappa shape index (κ1) is 19.1. The molecule has 0 saturated heterocycles. The van der Waals surface area contributed by atoms with Gasteiger partial charge in [0, 0.05) is 12.7 Å². The van der Waals surface area contributed by atoms with E-state index in [1.165, 1.54) is 38.5 Å². The normalized spacial score (nSPS) is 13.7. The fraction of sp³-hybridized carbons (Fsp3) is 1.00. The zero-order valence-electron chi connectivity index (χ0n) is 14.0. The molecule has 3 heteroatoms. The minimum atomic E-state index is -1.91. The van der Waals surface area contributed by atoms with E-state index in [9.17, 15) is 0 Å². The minimum absolute atomic E-state index is 0.366. The van der Waals surface area contributed by atoms with Crippen molar-refractivity contribution in [2.75, 3.05) is 6.61 Å². The largest absolute Gasteiger partial charge is 0.394 e. The fourth-order valence-corrected chi connectivity index (χ4v) is 5.02. The van der Waals surface area contributed by atoms with Gasteiger partial charge in [0.05, 0.1) is 0 Å². The van der Waals surface area contributed by atoms with E-state index in [0.717, 1.165) is 25.1 Å². The summed E-state index contributed by atoms with van der Waals surface area (Å²) in [6.45, 7) is 12.0. The lowest BCUT2D eigenvalue weighted by atomic mass is 10.1. The molecule has 19 heavy (non-hydrogen) atoms. The monoisotopic (exact) mass is 288 g/mol. The molecule has 0 N–H and O–H groups in total. The Morgan fingerprint density at radius 3 is 2.00 bits per heavy atom. The number of hydrogen-bond acceptors (Lipinski definition) is 2. The highest BCUT2D eigenvalue weighted by Gasteiger charge is 2.35. The predicted octanol–water partition coefficient (Wildman–Crippen LogP) is 5.66. The summed E-state index contributed by atoms with van der Waals surface area (Å²) >= 11 is 0. The highest BCUT2D eigenvalue weighted by molar-refractivity contribution is 6.67. The predicted molar refractivity (Wildman–Crippen MR) is 86.9 cm³/mol. The molecule has 0 aromatic rings. The lowest BCUT2D eigenvalue weighted by molar-refractivity contribution is 0.114. The zero-order valence-corrected chi connectivity index (χ0v) is 15.0. The van der Waals surface area contributed by atoms with Gasteiger partial charge in [-0.3, -0.25) is 0 Å². The molecule has 2 nitrogen and oxygen atoms in total. The van der Waals surface area contributed by atoms with Crippen LogP contribution in [0, 0.1) is 0 Å². The average molecular weight is 289 g/mol. The van der Waals surface area contributed by atoms with E-state index in [1.54, 1.807) is 0 Å². The van der Waals surface area contributed by atoms with Crippen LogP contribution in [-0.4, -0.2) is 21.3 Å². The summed E-state index contributed by atoms with van der Waals surface area (Å²) in [5.74, 6) is 0. The van der Waals surface area contributed by atoms with Crippen molar-refractivity contribution in [2.24, 2.45) is 0 Å². The quantitative estimate of drug-likeness (QED) is 0.321. The molecule has 0 aliphatic rings. The van der Waals surface area contributed by atoms with Gasteiger partial charge in [-0.05, 0) is 31.9 Å². The third-order valence-electron chi connectivity index (χ3n) is 3.82. The molecule has 0 aromatic carbocycles. The van der Waals surface area contributed by atoms with E-state index >= 15 is 0 Å². The van der Waals surface area contributed by atoms with Gasteiger partial charge in [-0.15, -0.1) is 0 Å². The van der Waals surface area contributed by atoms with Gasteiger partial charge in [0.2, 0.25) is 0 Å². The van der Waals surface area contributed by atoms with Crippen molar-refractivity contribution in [3.8, 4) is 0 Å². The number of rotatable bonds is 13. The molecule has 0 heterocycles. The van der Waals surface area contributed by atoms with Crippen LogP contribution in [0.5, 0.6) is 0 Å². The van der Waals surface area contributed by atoms with Gasteiger partial charge in [0.25, 0.3) is 0 Å². The first-order chi connectivity index (χ1) is 9.14. The molecule has 0 aliphatic heterocycles. The summed E-state index contributed by atoms with van der Waals surface area (Å²) in [5.41, 5.74) is 0. The van der Waals surface area contributed by atoms with Crippen molar-refractivity contribution >= 4 is 8.56 Å². The van der Waals surface area contributed by atoms with Crippen molar-refractivity contribution in [1.29, 1.82) is 0 Å². The molecule has 0 saturated carbocycles. The average Bonchev–Trinajstić information content (AvgIpc) is 2.43. The van der Waals surface area contributed by atoms with Gasteiger partial charge >= 0.3 is 8.56 Å². The SMILES string of the molecule is CCCCCCC(C)O[Si](CC)(CC)OCCCC. The third kappa shape index (κ3) is 8.82. The second-order valence-electron chi connectivity index (χ2n) is 5.60. The zero-order chi connectivity index (χ0) is 14.6. The Labute approximate surface area is 122 Å². The van der Waals surface area contributed by atoms with E-state index in [4.69, 9.17) is 8.85 Å². The molecule has 0 aliphatic carbocycles. The van der Waals surface area contributed by atoms with E-state index in [0.29, 0.717) is 6.10 Å². The molecule has 0 aromatic heterocycles. The van der Waals surface area contributed by atoms with Crippen molar-refractivity contribution in [1.82, 2.24) is 0 Å². The molecule has 116 valence electrons. The summed E-state index contributed by atoms with van der Waals surface area (Å²) in [5, 5.41) is 0. The van der Waals surface area contributed by atoms with E-state index in [-0.39, 0.29) is 0 Å². The fourth-order valence-electron chi connectivity index (χ4n) is 2.34. The van der Waals surface area contributed by atoms with E-state index < -0.39 is 8.56 Å². The first-order valence-electron chi connectivity index (χ1n) is 8.45. The highest BCUT2D eigenvalue weighted by atomic mass is 28.4. The Bertz CT molecular complexity index is 193. The summed E-state index contributed by atoms with van der Waals surface area (Å²) in [4.78, 5) is 0. The van der Waals surface area contributed by atoms with Crippen molar-refractivity contribution in [3.63, 3.8) is 0 Å². The Morgan fingerprint density at radius 2 is 1.47 bits per heavy atom. The van der Waals surface area contributed by atoms with E-state index in [1.807, 2.05) is 0 Å². The smallest absolute Gasteiger partial charge is 0.337 e. The molecule has 0 amide bonds. The van der Waals surface area contributed by atoms with E-state index in [2.05, 4.69) is 34.6 Å². The molecule has 1 unspecified atom stereocenters. The molecular weight excluding hydrogens is 252 g/mol. The maximum atomic E-state index is 6.38. The molecule has 0 radical (unpaired) electrons. The Morgan fingerprint density at radius 1 is 0.842 bits per heavy atom. The van der Waals surface area contributed by atoms with Crippen LogP contribution in [-0.2, 0) is 8.85 Å². The van der Waals surface area contributed by atoms with Crippen LogP contribution in [0.25, 0.3) is 0 Å². The van der Waals surface area contributed by atoms with Gasteiger partial charge in [0.1, 0.15) is 0 Å². The molecule has 0 spiro atoms. The number of unbranched alkanes of at least 4 members (excludes halogenated alkanes) is 4. The first-order valence-corrected chi connectivity index (χ1v) is 10.7. The van der Waals surface area contributed by atoms with Crippen LogP contribution in [0.2, 0.25) is 12.1 Å². The third-order valence-corrected chi connectivity index (χ3v) is 7.54. The van der Waals surface area contributed by atoms with Crippen LogP contribution < -0.4 is 0 Å². The molecule has 0 bridgehead atoms. The van der Waals surface area contributed by atoms with Crippen LogP contribution in [0.15, 0.2) is 0 Å². The lowest BCUT2D eigenvalue weighted by Gasteiger charge is -2.32. The van der Waals surface area contributed by atoms with Gasteiger partial charge in [-0.25, -0.2) is 0 Å². The summed E-state index contributed by atoms with van der Waals surface area (Å²) in [6.07, 6.45) is 9.20. The van der Waals surface area contributed by atoms with Crippen LogP contribution in [0.1, 0.15) is 79.6 Å². The minimum Gasteiger partial charge on any atom is -0.394 e. The topological polar surface area (TPSA) is 18.5 Å². The Kier molecular flexibility index (Phi) is 12.0. The summed E-state index contributed by atoms with van der Waals surface area (Å²) in [7, 11) is -1.91. The van der Waals surface area contributed by atoms with Crippen molar-refractivity contribution in [3.05, 3.63) is 0 Å². The highest BCUT2D eigenvalue weighted by Crippen LogP contribution is 2.23. The van der Waals surface area contributed by atoms with Crippen molar-refractivity contribution in [2.45, 2.75) is 97.8 Å². The van der Waals surface area contributed by atoms with Crippen molar-refractivity contribution < 1.29 is 8.85 Å². The van der Waals surface area contributed by atoms with Crippen LogP contribution in [0.4, 0.5) is 0 Å². The van der Waals surface area contributed by atoms with Crippen LogP contribution >= 0.6 is 0 Å². The summed E-state index contributed by atoms with van der Waals surface area (Å²) < 4.78 is 12.6. The molecule has 1 atom stereocenters. The molecule has 0 fully saturated rings. The van der Waals surface area contributed by atoms with Gasteiger partial charge < -0.3 is 8.85 Å². The van der Waals surface area contributed by atoms with Crippen LogP contribution in [0.3, 0.4) is 0 Å². The van der Waals surface area contributed by atoms with Gasteiger partial charge in [-0.2, -0.15) is 0 Å². The molecular formula is C16H36O2Si. The van der Waals surface area contributed by atoms with Gasteiger partial charge in [-0.1, -0.05) is 59.8 Å². The summed E-state index contributed by atoms with van der Waals surface area (Å²) in [6, 6.07) is 2.15. The lowest BCUT2D eigenvalue weighted by Crippen LogP contribution is -2.43. The Hall–Kier alpha value is 0.137. The maximum Gasteiger partial charge on any atom is 0.337 e. The maximum absolute atomic E-state index is 6.38. The Balaban J connectivity index is 4.08. The second-order valence-corrected chi connectivity index (χ2v) is 9.36. The standard InChI is InChI=1S/C16H36O2Si/c1-6-10-12-13-14-16(5)18-19(8-3,9-4)17-15-11-7-2/h16H,6-15H2,1-5H3.